The number of ether oxygens (including phenoxy) is 2. The number of piperidine rings is 1. The number of urea groups is 1. The van der Waals surface area contributed by atoms with E-state index in [1.54, 1.807) is 43.1 Å². The Morgan fingerprint density at radius 1 is 0.929 bits per heavy atom. The number of rotatable bonds is 14. The van der Waals surface area contributed by atoms with Crippen molar-refractivity contribution in [3.05, 3.63) is 99.8 Å². The highest BCUT2D eigenvalue weighted by Crippen LogP contribution is 2.35. The van der Waals surface area contributed by atoms with Crippen LogP contribution in [0.3, 0.4) is 0 Å². The molecule has 1 atom stereocenters. The minimum atomic E-state index is -0.525. The van der Waals surface area contributed by atoms with Gasteiger partial charge in [-0.3, -0.25) is 14.5 Å². The number of carbonyl (C=O) groups excluding carboxylic acids is 3. The Labute approximate surface area is 337 Å². The van der Waals surface area contributed by atoms with Crippen LogP contribution in [-0.4, -0.2) is 137 Å². The Morgan fingerprint density at radius 2 is 1.68 bits per heavy atom. The molecular weight excluding hydrogens is 757 g/mol. The summed E-state index contributed by atoms with van der Waals surface area (Å²) in [6, 6.07) is 21.0. The first-order chi connectivity index (χ1) is 27.1. The maximum Gasteiger partial charge on any atom is 0.320 e. The molecule has 0 saturated carbocycles. The second kappa shape index (κ2) is 18.9. The van der Waals surface area contributed by atoms with Crippen LogP contribution in [0.2, 0.25) is 10.0 Å². The summed E-state index contributed by atoms with van der Waals surface area (Å²) in [5, 5.41) is 15.8. The van der Waals surface area contributed by atoms with Crippen LogP contribution in [0.25, 0.3) is 5.69 Å². The lowest BCUT2D eigenvalue weighted by Crippen LogP contribution is -2.59. The normalized spacial score (nSPS) is 16.6. The third kappa shape index (κ3) is 9.96. The van der Waals surface area contributed by atoms with Crippen molar-refractivity contribution >= 4 is 41.1 Å². The molecule has 4 aromatic rings. The number of tetrazole rings is 1. The number of halogens is 2. The van der Waals surface area contributed by atoms with Crippen LogP contribution in [0.4, 0.5) is 4.79 Å². The molecule has 6 rings (SSSR count). The second-order valence-electron chi connectivity index (χ2n) is 14.3. The third-order valence-corrected chi connectivity index (χ3v) is 11.5. The predicted octanol–water partition coefficient (Wildman–Crippen LogP) is 5.11. The lowest BCUT2D eigenvalue weighted by Gasteiger charge is -2.44. The number of aromatic nitrogens is 4. The summed E-state index contributed by atoms with van der Waals surface area (Å²) in [5.41, 5.74) is 2.57. The molecule has 1 aromatic heterocycles. The first-order valence-electron chi connectivity index (χ1n) is 18.9. The Kier molecular flexibility index (Phi) is 13.8. The van der Waals surface area contributed by atoms with Crippen molar-refractivity contribution in [2.45, 2.75) is 37.6 Å². The molecule has 2 aliphatic rings. The van der Waals surface area contributed by atoms with Crippen molar-refractivity contribution in [3.63, 3.8) is 0 Å². The van der Waals surface area contributed by atoms with Gasteiger partial charge < -0.3 is 29.5 Å². The van der Waals surface area contributed by atoms with Gasteiger partial charge in [-0.05, 0) is 84.6 Å². The molecule has 0 radical (unpaired) electrons. The fourth-order valence-corrected chi connectivity index (χ4v) is 7.86. The Bertz CT molecular complexity index is 1940. The number of methoxy groups -OCH3 is 1. The molecule has 3 aromatic carbocycles. The van der Waals surface area contributed by atoms with Gasteiger partial charge in [-0.1, -0.05) is 59.6 Å². The topological polar surface area (TPSA) is 138 Å². The number of amides is 3. The van der Waals surface area contributed by atoms with Gasteiger partial charge in [0, 0.05) is 58.8 Å². The molecule has 3 amide bonds. The number of carbonyl (C=O) groups is 3. The van der Waals surface area contributed by atoms with E-state index in [2.05, 4.69) is 37.9 Å². The SMILES string of the molecule is CCOC(=O)CN1CCN(C(=O)NC2(c3ccccc3)CCN(CCC(CN(C)C(=O)c3cc(-n4cnnn4)ccc3OC)c3ccc(Cl)c(Cl)c3)CC2)CC1. The molecule has 56 heavy (non-hydrogen) atoms. The maximum atomic E-state index is 14.0. The predicted molar refractivity (Wildman–Crippen MR) is 213 cm³/mol. The largest absolute Gasteiger partial charge is 0.496 e. The quantitative estimate of drug-likeness (QED) is 0.171. The average Bonchev–Trinajstić information content (AvgIpc) is 3.77. The Morgan fingerprint density at radius 3 is 2.34 bits per heavy atom. The van der Waals surface area contributed by atoms with E-state index >= 15 is 0 Å². The van der Waals surface area contributed by atoms with Crippen molar-refractivity contribution in [1.82, 2.24) is 45.1 Å². The molecule has 1 N–H and O–H groups in total. The molecule has 2 saturated heterocycles. The van der Waals surface area contributed by atoms with Gasteiger partial charge in [0.15, 0.2) is 0 Å². The number of hydrogen-bond acceptors (Lipinski definition) is 10. The minimum Gasteiger partial charge on any atom is -0.496 e. The molecule has 3 heterocycles. The number of esters is 1. The summed E-state index contributed by atoms with van der Waals surface area (Å²) in [5.74, 6) is -0.0594. The molecular formula is C40H49Cl2N9O5. The van der Waals surface area contributed by atoms with E-state index in [0.29, 0.717) is 66.4 Å². The van der Waals surface area contributed by atoms with Crippen LogP contribution in [0.5, 0.6) is 5.75 Å². The standard InChI is InChI=1S/C40H49Cl2N9O5/c1-4-56-37(52)27-49-20-22-50(23-21-49)39(54)44-40(31-8-6-5-7-9-31)15-18-48(19-16-40)17-14-30(29-10-12-34(41)35(42)24-29)26-47(2)38(53)33-25-32(11-13-36(33)55-3)51-28-43-45-46-51/h5-13,24-25,28,30H,4,14-23,26-27H2,1-3H3,(H,44,54). The number of likely N-dealkylation sites (tertiary alicyclic amines) is 1. The van der Waals surface area contributed by atoms with E-state index in [1.165, 1.54) is 18.1 Å². The van der Waals surface area contributed by atoms with Crippen molar-refractivity contribution < 1.29 is 23.9 Å². The van der Waals surface area contributed by atoms with Crippen LogP contribution in [0, 0.1) is 0 Å². The van der Waals surface area contributed by atoms with E-state index in [4.69, 9.17) is 32.7 Å². The van der Waals surface area contributed by atoms with Crippen molar-refractivity contribution in [2.24, 2.45) is 0 Å². The van der Waals surface area contributed by atoms with E-state index in [0.717, 1.165) is 50.0 Å². The van der Waals surface area contributed by atoms with Gasteiger partial charge in [0.2, 0.25) is 0 Å². The number of piperazine rings is 1. The molecule has 2 fully saturated rings. The van der Waals surface area contributed by atoms with E-state index in [-0.39, 0.29) is 30.4 Å². The number of likely N-dealkylation sites (N-methyl/N-ethyl adjacent to an activating group) is 1. The van der Waals surface area contributed by atoms with Crippen LogP contribution in [0.1, 0.15) is 53.6 Å². The zero-order valence-electron chi connectivity index (χ0n) is 32.1. The van der Waals surface area contributed by atoms with Crippen LogP contribution in [-0.2, 0) is 15.1 Å². The first-order valence-corrected chi connectivity index (χ1v) is 19.7. The summed E-state index contributed by atoms with van der Waals surface area (Å²) in [6.45, 7) is 7.40. The third-order valence-electron chi connectivity index (χ3n) is 10.8. The number of nitrogens with zero attached hydrogens (tertiary/aromatic N) is 8. The summed E-state index contributed by atoms with van der Waals surface area (Å²) >= 11 is 12.8. The molecule has 1 unspecified atom stereocenters. The lowest BCUT2D eigenvalue weighted by atomic mass is 9.80. The summed E-state index contributed by atoms with van der Waals surface area (Å²) in [4.78, 5) is 47.8. The van der Waals surface area contributed by atoms with E-state index in [9.17, 15) is 14.4 Å². The average molecular weight is 807 g/mol. The Balaban J connectivity index is 1.12. The van der Waals surface area contributed by atoms with Gasteiger partial charge in [-0.15, -0.1) is 5.10 Å². The minimum absolute atomic E-state index is 0.0598. The summed E-state index contributed by atoms with van der Waals surface area (Å²) in [6.07, 6.45) is 3.69. The van der Waals surface area contributed by atoms with Crippen LogP contribution < -0.4 is 10.1 Å². The smallest absolute Gasteiger partial charge is 0.320 e. The maximum absolute atomic E-state index is 14.0. The zero-order valence-corrected chi connectivity index (χ0v) is 33.6. The van der Waals surface area contributed by atoms with Gasteiger partial charge in [0.25, 0.3) is 5.91 Å². The van der Waals surface area contributed by atoms with Gasteiger partial charge in [0.05, 0.1) is 47.1 Å². The number of nitrogens with one attached hydrogen (secondary N) is 1. The molecule has 0 aliphatic carbocycles. The zero-order chi connectivity index (χ0) is 39.7. The summed E-state index contributed by atoms with van der Waals surface area (Å²) in [7, 11) is 3.32. The fourth-order valence-electron chi connectivity index (χ4n) is 7.56. The summed E-state index contributed by atoms with van der Waals surface area (Å²) < 4.78 is 12.2. The molecule has 16 heteroatoms. The van der Waals surface area contributed by atoms with Gasteiger partial charge >= 0.3 is 12.0 Å². The van der Waals surface area contributed by atoms with Gasteiger partial charge in [-0.25, -0.2) is 9.48 Å². The molecule has 298 valence electrons. The highest BCUT2D eigenvalue weighted by molar-refractivity contribution is 6.42. The first kappa shape index (κ1) is 40.9. The molecule has 0 spiro atoms. The molecule has 0 bridgehead atoms. The van der Waals surface area contributed by atoms with Crippen LogP contribution in [0.15, 0.2) is 73.1 Å². The Hall–Kier alpha value is -4.76. The molecule has 2 aliphatic heterocycles. The highest BCUT2D eigenvalue weighted by Gasteiger charge is 2.39. The van der Waals surface area contributed by atoms with Crippen LogP contribution >= 0.6 is 23.2 Å². The van der Waals surface area contributed by atoms with E-state index in [1.807, 2.05) is 40.1 Å². The van der Waals surface area contributed by atoms with Crippen molar-refractivity contribution in [2.75, 3.05) is 79.7 Å². The number of benzene rings is 3. The van der Waals surface area contributed by atoms with Gasteiger partial charge in [0.1, 0.15) is 12.1 Å². The van der Waals surface area contributed by atoms with Crippen molar-refractivity contribution in [3.8, 4) is 11.4 Å². The second-order valence-corrected chi connectivity index (χ2v) is 15.1. The fraction of sp³-hybridized carbons (Fsp3) is 0.450. The van der Waals surface area contributed by atoms with Crippen molar-refractivity contribution in [1.29, 1.82) is 0 Å². The molecule has 14 nitrogen and oxygen atoms in total. The monoisotopic (exact) mass is 805 g/mol. The number of hydrogen-bond donors (Lipinski definition) is 1. The van der Waals surface area contributed by atoms with E-state index < -0.39 is 5.54 Å². The van der Waals surface area contributed by atoms with Gasteiger partial charge in [-0.2, -0.15) is 0 Å². The lowest BCUT2D eigenvalue weighted by molar-refractivity contribution is -0.144. The highest BCUT2D eigenvalue weighted by atomic mass is 35.5.